The molecule has 3 nitrogen and oxygen atoms in total. The number of rotatable bonds is 5. The Morgan fingerprint density at radius 3 is 2.22 bits per heavy atom. The van der Waals surface area contributed by atoms with Crippen molar-refractivity contribution in [3.05, 3.63) is 23.8 Å². The fourth-order valence-corrected chi connectivity index (χ4v) is 9.48. The number of benzene rings is 1. The maximum atomic E-state index is 12.2. The molecule has 1 heterocycles. The van der Waals surface area contributed by atoms with E-state index in [1.54, 1.807) is 0 Å². The highest BCUT2D eigenvalue weighted by Gasteiger charge is 2.47. The Hall–Kier alpha value is -0.813. The monoisotopic (exact) mass is 398 g/mol. The summed E-state index contributed by atoms with van der Waals surface area (Å²) in [6.45, 7) is 14.0. The van der Waals surface area contributed by atoms with Crippen molar-refractivity contribution in [1.82, 2.24) is 0 Å². The highest BCUT2D eigenvalue weighted by Crippen LogP contribution is 2.43. The predicted molar refractivity (Wildman–Crippen MR) is 101 cm³/mol. The molecule has 1 aromatic carbocycles. The molecule has 128 valence electrons. The molecule has 1 aliphatic heterocycles. The van der Waals surface area contributed by atoms with E-state index in [0.29, 0.717) is 34.5 Å². The topological polar surface area (TPSA) is 35.5 Å². The molecule has 0 radical (unpaired) electrons. The number of hydrogen-bond donors (Lipinski definition) is 0. The lowest BCUT2D eigenvalue weighted by Crippen LogP contribution is -2.50. The van der Waals surface area contributed by atoms with E-state index in [4.69, 9.17) is 9.16 Å². The Kier molecular flexibility index (Phi) is 5.62. The smallest absolute Gasteiger partial charge is 0.258 e. The summed E-state index contributed by atoms with van der Waals surface area (Å²) in [7, 11) is -1.99. The first kappa shape index (κ1) is 18.5. The van der Waals surface area contributed by atoms with Gasteiger partial charge in [0.25, 0.3) is 8.32 Å². The van der Waals surface area contributed by atoms with Crippen LogP contribution in [0.2, 0.25) is 16.6 Å². The van der Waals surface area contributed by atoms with Gasteiger partial charge in [0.15, 0.2) is 5.78 Å². The molecular formula is C18H27BrO3Si. The second kappa shape index (κ2) is 6.97. The van der Waals surface area contributed by atoms with Crippen LogP contribution in [0.5, 0.6) is 11.5 Å². The lowest BCUT2D eigenvalue weighted by atomic mass is 10.1. The molecule has 0 saturated heterocycles. The van der Waals surface area contributed by atoms with Crippen LogP contribution in [0.25, 0.3) is 0 Å². The zero-order chi connectivity index (χ0) is 17.4. The lowest BCUT2D eigenvalue weighted by Gasteiger charge is -2.42. The fraction of sp³-hybridized carbons (Fsp3) is 0.611. The summed E-state index contributed by atoms with van der Waals surface area (Å²) < 4.78 is 12.4. The number of hydrogen-bond acceptors (Lipinski definition) is 3. The molecule has 0 aromatic heterocycles. The molecule has 0 fully saturated rings. The van der Waals surface area contributed by atoms with E-state index in [-0.39, 0.29) is 10.6 Å². The average Bonchev–Trinajstić information content (AvgIpc) is 2.47. The summed E-state index contributed by atoms with van der Waals surface area (Å²) in [6.07, 6.45) is 0. The molecule has 23 heavy (non-hydrogen) atoms. The van der Waals surface area contributed by atoms with E-state index in [1.807, 2.05) is 18.2 Å². The van der Waals surface area contributed by atoms with Crippen LogP contribution in [0.15, 0.2) is 18.2 Å². The minimum Gasteiger partial charge on any atom is -0.543 e. The van der Waals surface area contributed by atoms with Crippen LogP contribution in [0.1, 0.15) is 51.9 Å². The maximum Gasteiger partial charge on any atom is 0.258 e. The molecule has 1 aromatic rings. The molecule has 0 N–H and O–H groups in total. The van der Waals surface area contributed by atoms with Gasteiger partial charge in [0, 0.05) is 6.07 Å². The van der Waals surface area contributed by atoms with Gasteiger partial charge in [-0.1, -0.05) is 57.5 Å². The van der Waals surface area contributed by atoms with Crippen molar-refractivity contribution >= 4 is 30.0 Å². The summed E-state index contributed by atoms with van der Waals surface area (Å²) in [5.41, 5.74) is 2.16. The quantitative estimate of drug-likeness (QED) is 0.479. The second-order valence-electron chi connectivity index (χ2n) is 7.22. The number of halogens is 1. The van der Waals surface area contributed by atoms with Gasteiger partial charge in [0.05, 0.1) is 5.56 Å². The highest BCUT2D eigenvalue weighted by molar-refractivity contribution is 9.10. The van der Waals surface area contributed by atoms with Crippen LogP contribution < -0.4 is 9.16 Å². The molecule has 0 amide bonds. The minimum absolute atomic E-state index is 0.0814. The van der Waals surface area contributed by atoms with Crippen molar-refractivity contribution in [2.45, 2.75) is 63.0 Å². The lowest BCUT2D eigenvalue weighted by molar-refractivity contribution is 0.0946. The van der Waals surface area contributed by atoms with Crippen molar-refractivity contribution < 1.29 is 14.0 Å². The Morgan fingerprint density at radius 1 is 1.13 bits per heavy atom. The van der Waals surface area contributed by atoms with Gasteiger partial charge in [-0.05, 0) is 28.8 Å². The van der Waals surface area contributed by atoms with E-state index < -0.39 is 8.32 Å². The second-order valence-corrected chi connectivity index (χ2v) is 13.7. The Bertz CT molecular complexity index is 562. The minimum atomic E-state index is -1.99. The molecule has 1 atom stereocenters. The van der Waals surface area contributed by atoms with Crippen molar-refractivity contribution in [2.75, 3.05) is 6.61 Å². The standard InChI is InChI=1S/C18H27BrO3Si/c1-11(2)23(12(3)4,13(5)6)22-14-7-8-15-17(9-14)21-10-16(19)18(15)20/h7-9,11-13,16H,10H2,1-6H3. The molecule has 0 aliphatic carbocycles. The van der Waals surface area contributed by atoms with E-state index >= 15 is 0 Å². The molecule has 1 aliphatic rings. The Labute approximate surface area is 149 Å². The molecular weight excluding hydrogens is 372 g/mol. The summed E-state index contributed by atoms with van der Waals surface area (Å²) >= 11 is 3.35. The average molecular weight is 399 g/mol. The van der Waals surface area contributed by atoms with Crippen molar-refractivity contribution in [3.8, 4) is 11.5 Å². The zero-order valence-electron chi connectivity index (χ0n) is 14.9. The van der Waals surface area contributed by atoms with Gasteiger partial charge in [0.2, 0.25) is 0 Å². The van der Waals surface area contributed by atoms with Gasteiger partial charge >= 0.3 is 0 Å². The SMILES string of the molecule is CC(C)[Si](Oc1ccc2c(c1)OCC(Br)C2=O)(C(C)C)C(C)C. The Balaban J connectivity index is 2.37. The Morgan fingerprint density at radius 2 is 1.70 bits per heavy atom. The van der Waals surface area contributed by atoms with Gasteiger partial charge in [-0.2, -0.15) is 0 Å². The van der Waals surface area contributed by atoms with Gasteiger partial charge < -0.3 is 9.16 Å². The number of Topliss-reactive ketones (excluding diaryl/α,β-unsaturated/α-hetero) is 1. The highest BCUT2D eigenvalue weighted by atomic mass is 79.9. The summed E-state index contributed by atoms with van der Waals surface area (Å²) in [4.78, 5) is 11.9. The summed E-state index contributed by atoms with van der Waals surface area (Å²) in [6, 6.07) is 5.64. The van der Waals surface area contributed by atoms with Crippen LogP contribution in [-0.4, -0.2) is 25.5 Å². The summed E-state index contributed by atoms with van der Waals surface area (Å²) in [5, 5.41) is 0. The molecule has 0 saturated carbocycles. The van der Waals surface area contributed by atoms with E-state index in [2.05, 4.69) is 57.5 Å². The number of carbonyl (C=O) groups is 1. The zero-order valence-corrected chi connectivity index (χ0v) is 17.4. The van der Waals surface area contributed by atoms with Crippen LogP contribution in [0, 0.1) is 0 Å². The van der Waals surface area contributed by atoms with Crippen LogP contribution in [0.3, 0.4) is 0 Å². The third-order valence-corrected chi connectivity index (χ3v) is 11.6. The third-order valence-electron chi connectivity index (χ3n) is 4.89. The van der Waals surface area contributed by atoms with Crippen LogP contribution in [0.4, 0.5) is 0 Å². The molecule has 1 unspecified atom stereocenters. The first-order valence-corrected chi connectivity index (χ1v) is 11.4. The van der Waals surface area contributed by atoms with Crippen LogP contribution in [-0.2, 0) is 0 Å². The van der Waals surface area contributed by atoms with Crippen molar-refractivity contribution in [3.63, 3.8) is 0 Å². The fourth-order valence-electron chi connectivity index (χ4n) is 3.85. The van der Waals surface area contributed by atoms with Gasteiger partial charge in [-0.15, -0.1) is 0 Å². The number of ether oxygens (including phenoxy) is 1. The normalized spacial score (nSPS) is 18.3. The van der Waals surface area contributed by atoms with Crippen molar-refractivity contribution in [1.29, 1.82) is 0 Å². The first-order chi connectivity index (χ1) is 10.7. The van der Waals surface area contributed by atoms with E-state index in [0.717, 1.165) is 5.75 Å². The predicted octanol–water partition coefficient (Wildman–Crippen LogP) is 5.58. The van der Waals surface area contributed by atoms with E-state index in [1.165, 1.54) is 0 Å². The third kappa shape index (κ3) is 3.36. The van der Waals surface area contributed by atoms with Gasteiger partial charge in [-0.25, -0.2) is 0 Å². The number of fused-ring (bicyclic) bond motifs is 1. The van der Waals surface area contributed by atoms with Gasteiger partial charge in [0.1, 0.15) is 22.9 Å². The largest absolute Gasteiger partial charge is 0.543 e. The molecule has 0 bridgehead atoms. The number of alkyl halides is 1. The molecule has 5 heteroatoms. The maximum absolute atomic E-state index is 12.2. The number of carbonyl (C=O) groups excluding carboxylic acids is 1. The number of ketones is 1. The van der Waals surface area contributed by atoms with E-state index in [9.17, 15) is 4.79 Å². The summed E-state index contributed by atoms with van der Waals surface area (Å²) in [5.74, 6) is 1.55. The molecule has 0 spiro atoms. The van der Waals surface area contributed by atoms with Crippen LogP contribution >= 0.6 is 15.9 Å². The van der Waals surface area contributed by atoms with Crippen molar-refractivity contribution in [2.24, 2.45) is 0 Å². The van der Waals surface area contributed by atoms with Gasteiger partial charge in [-0.3, -0.25) is 4.79 Å². The first-order valence-electron chi connectivity index (χ1n) is 8.34. The molecule has 2 rings (SSSR count).